The summed E-state index contributed by atoms with van der Waals surface area (Å²) in [7, 11) is 0. The number of nitrogens with one attached hydrogen (secondary N) is 2. The highest BCUT2D eigenvalue weighted by Crippen LogP contribution is 2.10. The normalized spacial score (nSPS) is 11.4. The molecule has 2 aromatic rings. The molecule has 128 valence electrons. The molecule has 2 rings (SSSR count). The lowest BCUT2D eigenvalue weighted by atomic mass is 10.1. The maximum Gasteiger partial charge on any atom is 0.191 e. The molecule has 0 fully saturated rings. The molecule has 0 aliphatic heterocycles. The van der Waals surface area contributed by atoms with Crippen molar-refractivity contribution in [3.05, 3.63) is 70.5 Å². The number of benzene rings is 2. The van der Waals surface area contributed by atoms with Gasteiger partial charge in [-0.05, 0) is 42.2 Å². The molecule has 0 atom stereocenters. The number of aliphatic imine (C=N–C) groups is 1. The second-order valence-electron chi connectivity index (χ2n) is 5.56. The Bertz CT molecular complexity index is 701. The van der Waals surface area contributed by atoms with Crippen molar-refractivity contribution >= 4 is 5.96 Å². The van der Waals surface area contributed by atoms with E-state index in [4.69, 9.17) is 0 Å². The summed E-state index contributed by atoms with van der Waals surface area (Å²) >= 11 is 0. The Balaban J connectivity index is 2.03. The molecule has 0 radical (unpaired) electrons. The van der Waals surface area contributed by atoms with E-state index in [-0.39, 0.29) is 12.4 Å². The number of hydrogen-bond acceptors (Lipinski definition) is 2. The van der Waals surface area contributed by atoms with E-state index < -0.39 is 0 Å². The van der Waals surface area contributed by atoms with Crippen molar-refractivity contribution in [2.45, 2.75) is 33.5 Å². The highest BCUT2D eigenvalue weighted by Gasteiger charge is 2.03. The third-order valence-corrected chi connectivity index (χ3v) is 3.72. The first-order valence-corrected chi connectivity index (χ1v) is 8.09. The monoisotopic (exact) mass is 329 g/mol. The van der Waals surface area contributed by atoms with Crippen molar-refractivity contribution in [1.82, 2.24) is 10.6 Å². The van der Waals surface area contributed by atoms with E-state index in [1.165, 1.54) is 6.07 Å². The van der Waals surface area contributed by atoms with E-state index in [1.807, 2.05) is 37.3 Å². The summed E-state index contributed by atoms with van der Waals surface area (Å²) in [6.45, 7) is 5.55. The largest absolute Gasteiger partial charge is 0.392 e. The first-order chi connectivity index (χ1) is 11.6. The Labute approximate surface area is 142 Å². The van der Waals surface area contributed by atoms with Crippen molar-refractivity contribution in [1.29, 1.82) is 0 Å². The van der Waals surface area contributed by atoms with Gasteiger partial charge in [0, 0.05) is 13.1 Å². The molecule has 0 unspecified atom stereocenters. The second-order valence-corrected chi connectivity index (χ2v) is 5.56. The summed E-state index contributed by atoms with van der Waals surface area (Å²) in [6.07, 6.45) is 0. The number of nitrogens with zero attached hydrogens (tertiary/aromatic N) is 1. The average molecular weight is 329 g/mol. The second kappa shape index (κ2) is 9.03. The Kier molecular flexibility index (Phi) is 6.75. The van der Waals surface area contributed by atoms with Crippen molar-refractivity contribution in [2.75, 3.05) is 6.54 Å². The highest BCUT2D eigenvalue weighted by atomic mass is 19.1. The average Bonchev–Trinajstić information content (AvgIpc) is 2.60. The molecule has 0 amide bonds. The minimum atomic E-state index is -0.201. The van der Waals surface area contributed by atoms with Crippen molar-refractivity contribution in [2.24, 2.45) is 4.99 Å². The van der Waals surface area contributed by atoms with Crippen LogP contribution in [0, 0.1) is 12.7 Å². The van der Waals surface area contributed by atoms with Crippen LogP contribution in [0.25, 0.3) is 0 Å². The van der Waals surface area contributed by atoms with Gasteiger partial charge in [0.15, 0.2) is 5.96 Å². The van der Waals surface area contributed by atoms with Crippen molar-refractivity contribution in [3.63, 3.8) is 0 Å². The molecular formula is C19H24FN3O. The number of rotatable bonds is 6. The van der Waals surface area contributed by atoms with Gasteiger partial charge in [-0.15, -0.1) is 0 Å². The Hall–Kier alpha value is -2.40. The smallest absolute Gasteiger partial charge is 0.191 e. The fourth-order valence-electron chi connectivity index (χ4n) is 2.38. The van der Waals surface area contributed by atoms with Crippen LogP contribution in [0.2, 0.25) is 0 Å². The van der Waals surface area contributed by atoms with Crippen LogP contribution in [0.4, 0.5) is 4.39 Å². The molecule has 2 aromatic carbocycles. The number of aliphatic hydroxyl groups excluding tert-OH is 1. The third-order valence-electron chi connectivity index (χ3n) is 3.72. The molecular weight excluding hydrogens is 305 g/mol. The van der Waals surface area contributed by atoms with E-state index >= 15 is 0 Å². The summed E-state index contributed by atoms with van der Waals surface area (Å²) < 4.78 is 13.3. The fraction of sp³-hybridized carbons (Fsp3) is 0.316. The zero-order valence-electron chi connectivity index (χ0n) is 14.1. The molecule has 0 aliphatic carbocycles. The van der Waals surface area contributed by atoms with Crippen molar-refractivity contribution in [3.8, 4) is 0 Å². The summed E-state index contributed by atoms with van der Waals surface area (Å²) in [4.78, 5) is 4.53. The quantitative estimate of drug-likeness (QED) is 0.564. The highest BCUT2D eigenvalue weighted by molar-refractivity contribution is 5.79. The summed E-state index contributed by atoms with van der Waals surface area (Å²) in [6, 6.07) is 12.8. The third kappa shape index (κ3) is 5.06. The van der Waals surface area contributed by atoms with E-state index in [9.17, 15) is 9.50 Å². The van der Waals surface area contributed by atoms with Crippen LogP contribution in [0.15, 0.2) is 47.5 Å². The van der Waals surface area contributed by atoms with Gasteiger partial charge in [-0.1, -0.05) is 36.4 Å². The van der Waals surface area contributed by atoms with E-state index in [0.717, 1.165) is 23.2 Å². The molecule has 0 saturated heterocycles. The molecule has 3 N–H and O–H groups in total. The predicted molar refractivity (Wildman–Crippen MR) is 95.2 cm³/mol. The molecule has 0 aliphatic rings. The Morgan fingerprint density at radius 1 is 1.12 bits per heavy atom. The van der Waals surface area contributed by atoms with E-state index in [2.05, 4.69) is 15.6 Å². The molecule has 5 heteroatoms. The minimum Gasteiger partial charge on any atom is -0.392 e. The van der Waals surface area contributed by atoms with Crippen LogP contribution < -0.4 is 10.6 Å². The zero-order valence-corrected chi connectivity index (χ0v) is 14.1. The van der Waals surface area contributed by atoms with Gasteiger partial charge in [-0.2, -0.15) is 0 Å². The number of guanidine groups is 1. The van der Waals surface area contributed by atoms with E-state index in [0.29, 0.717) is 24.6 Å². The number of aliphatic hydroxyl groups is 1. The fourth-order valence-corrected chi connectivity index (χ4v) is 2.38. The topological polar surface area (TPSA) is 56.7 Å². The predicted octanol–water partition coefficient (Wildman–Crippen LogP) is 2.88. The van der Waals surface area contributed by atoms with Gasteiger partial charge in [0.05, 0.1) is 13.2 Å². The van der Waals surface area contributed by atoms with Crippen LogP contribution in [0.3, 0.4) is 0 Å². The van der Waals surface area contributed by atoms with Gasteiger partial charge in [-0.25, -0.2) is 9.38 Å². The first kappa shape index (κ1) is 17.9. The maximum absolute atomic E-state index is 13.3. The summed E-state index contributed by atoms with van der Waals surface area (Å²) in [5.74, 6) is 0.487. The van der Waals surface area contributed by atoms with Gasteiger partial charge in [0.1, 0.15) is 5.82 Å². The van der Waals surface area contributed by atoms with Gasteiger partial charge in [0.25, 0.3) is 0 Å². The van der Waals surface area contributed by atoms with E-state index in [1.54, 1.807) is 13.0 Å². The number of hydrogen-bond donors (Lipinski definition) is 3. The number of aryl methyl sites for hydroxylation is 1. The van der Waals surface area contributed by atoms with Crippen LogP contribution in [0.5, 0.6) is 0 Å². The lowest BCUT2D eigenvalue weighted by Gasteiger charge is -2.13. The van der Waals surface area contributed by atoms with Crippen LogP contribution >= 0.6 is 0 Å². The molecule has 0 heterocycles. The van der Waals surface area contributed by atoms with Gasteiger partial charge in [0.2, 0.25) is 0 Å². The Morgan fingerprint density at radius 3 is 2.54 bits per heavy atom. The zero-order chi connectivity index (χ0) is 17.4. The van der Waals surface area contributed by atoms with Crippen LogP contribution in [-0.4, -0.2) is 17.6 Å². The summed E-state index contributed by atoms with van der Waals surface area (Å²) in [5, 5.41) is 15.8. The lowest BCUT2D eigenvalue weighted by Crippen LogP contribution is -2.37. The molecule has 0 saturated carbocycles. The SMILES string of the molecule is CCNC(=NCc1ccc(F)c(C)c1)NCc1ccccc1CO. The van der Waals surface area contributed by atoms with Gasteiger partial charge < -0.3 is 15.7 Å². The standard InChI is InChI=1S/C19H24FN3O/c1-3-21-19(22-11-15-8-9-18(20)14(2)10-15)23-12-16-6-4-5-7-17(16)13-24/h4-10,24H,3,11-13H2,1-2H3,(H2,21,22,23). The summed E-state index contributed by atoms with van der Waals surface area (Å²) in [5.41, 5.74) is 3.51. The lowest BCUT2D eigenvalue weighted by molar-refractivity contribution is 0.280. The molecule has 0 spiro atoms. The van der Waals surface area contributed by atoms with Gasteiger partial charge in [-0.3, -0.25) is 0 Å². The van der Waals surface area contributed by atoms with Crippen LogP contribution in [-0.2, 0) is 19.7 Å². The molecule has 0 aromatic heterocycles. The minimum absolute atomic E-state index is 0.0143. The Morgan fingerprint density at radius 2 is 1.88 bits per heavy atom. The molecule has 0 bridgehead atoms. The molecule has 24 heavy (non-hydrogen) atoms. The maximum atomic E-state index is 13.3. The van der Waals surface area contributed by atoms with Crippen LogP contribution in [0.1, 0.15) is 29.2 Å². The molecule has 4 nitrogen and oxygen atoms in total. The van der Waals surface area contributed by atoms with Crippen molar-refractivity contribution < 1.29 is 9.50 Å². The number of halogens is 1. The first-order valence-electron chi connectivity index (χ1n) is 8.09. The van der Waals surface area contributed by atoms with Gasteiger partial charge >= 0.3 is 0 Å².